The number of aryl methyl sites for hydroxylation is 1. The molecule has 2 aromatic carbocycles. The number of halogens is 3. The van der Waals surface area contributed by atoms with Crippen LogP contribution >= 0.6 is 23.7 Å². The van der Waals surface area contributed by atoms with E-state index in [4.69, 9.17) is 0 Å². The highest BCUT2D eigenvalue weighted by Crippen LogP contribution is 2.32. The van der Waals surface area contributed by atoms with Gasteiger partial charge in [0.25, 0.3) is 11.8 Å². The van der Waals surface area contributed by atoms with Gasteiger partial charge < -0.3 is 4.57 Å². The Balaban J connectivity index is 0.00000289. The molecule has 12 heteroatoms. The quantitative estimate of drug-likeness (QED) is 0.347. The number of rotatable bonds is 7. The van der Waals surface area contributed by atoms with Crippen LogP contribution in [-0.2, 0) is 11.3 Å². The maximum atomic E-state index is 14.2. The molecular formula is C23H18ClF2N5O3S. The average Bonchev–Trinajstić information content (AvgIpc) is 3.53. The predicted octanol–water partition coefficient (Wildman–Crippen LogP) is 3.91. The molecule has 8 nitrogen and oxygen atoms in total. The average molecular weight is 518 g/mol. The molecule has 0 atom stereocenters. The van der Waals surface area contributed by atoms with Crippen molar-refractivity contribution in [1.82, 2.24) is 19.4 Å². The van der Waals surface area contributed by atoms with E-state index in [2.05, 4.69) is 9.97 Å². The molecule has 0 fully saturated rings. The Morgan fingerprint density at radius 1 is 1.09 bits per heavy atom. The highest BCUT2D eigenvalue weighted by Gasteiger charge is 2.37. The van der Waals surface area contributed by atoms with E-state index in [0.717, 1.165) is 28.4 Å². The van der Waals surface area contributed by atoms with E-state index in [-0.39, 0.29) is 45.4 Å². The molecule has 35 heavy (non-hydrogen) atoms. The molecule has 3 heterocycles. The predicted molar refractivity (Wildman–Crippen MR) is 128 cm³/mol. The lowest BCUT2D eigenvalue weighted by Crippen LogP contribution is -2.43. The van der Waals surface area contributed by atoms with E-state index in [1.165, 1.54) is 17.0 Å². The molecule has 0 saturated carbocycles. The van der Waals surface area contributed by atoms with Crippen molar-refractivity contribution in [2.75, 3.05) is 18.0 Å². The van der Waals surface area contributed by atoms with E-state index in [1.54, 1.807) is 30.9 Å². The van der Waals surface area contributed by atoms with E-state index >= 15 is 0 Å². The second-order valence-electron chi connectivity index (χ2n) is 7.67. The molecule has 0 bridgehead atoms. The third-order valence-electron chi connectivity index (χ3n) is 5.46. The van der Waals surface area contributed by atoms with Gasteiger partial charge in [0.1, 0.15) is 17.9 Å². The van der Waals surface area contributed by atoms with Crippen LogP contribution in [0.3, 0.4) is 0 Å². The van der Waals surface area contributed by atoms with Crippen LogP contribution in [-0.4, -0.2) is 50.2 Å². The van der Waals surface area contributed by atoms with Crippen LogP contribution in [0, 0.1) is 11.6 Å². The molecule has 0 saturated heterocycles. The van der Waals surface area contributed by atoms with Crippen molar-refractivity contribution in [1.29, 1.82) is 0 Å². The van der Waals surface area contributed by atoms with Gasteiger partial charge in [-0.25, -0.2) is 18.7 Å². The van der Waals surface area contributed by atoms with Gasteiger partial charge in [-0.2, -0.15) is 0 Å². The molecule has 0 spiro atoms. The molecule has 1 aliphatic heterocycles. The number of nitrogens with zero attached hydrogens (tertiary/aromatic N) is 5. The number of carbonyl (C=O) groups excluding carboxylic acids is 3. The SMILES string of the molecule is Cl.O=C1c2ccccc2C(=O)N1CC(=O)N(CCCn1ccnc1)c1nc2c(F)cc(F)cc2s1. The van der Waals surface area contributed by atoms with Gasteiger partial charge in [-0.1, -0.05) is 23.5 Å². The van der Waals surface area contributed by atoms with Gasteiger partial charge in [-0.15, -0.1) is 12.4 Å². The van der Waals surface area contributed by atoms with Crippen LogP contribution in [0.25, 0.3) is 10.2 Å². The molecular weight excluding hydrogens is 500 g/mol. The number of imide groups is 1. The van der Waals surface area contributed by atoms with Crippen molar-refractivity contribution >= 4 is 56.8 Å². The number of benzene rings is 2. The van der Waals surface area contributed by atoms with Gasteiger partial charge in [0, 0.05) is 31.5 Å². The Labute approximate surface area is 208 Å². The van der Waals surface area contributed by atoms with Gasteiger partial charge in [0.05, 0.1) is 22.2 Å². The standard InChI is InChI=1S/C23H17F2N5O3S.ClH/c24-14-10-17(25)20-18(11-14)34-23(27-20)29(8-3-7-28-9-6-26-13-28)19(31)12-30-21(32)15-4-1-2-5-16(15)22(30)33;/h1-2,4-6,9-11,13H,3,7-8,12H2;1H. The topological polar surface area (TPSA) is 88.4 Å². The second-order valence-corrected chi connectivity index (χ2v) is 8.68. The lowest BCUT2D eigenvalue weighted by atomic mass is 10.1. The summed E-state index contributed by atoms with van der Waals surface area (Å²) in [6, 6.07) is 8.24. The van der Waals surface area contributed by atoms with Crippen LogP contribution in [0.5, 0.6) is 0 Å². The molecule has 180 valence electrons. The molecule has 2 aromatic heterocycles. The minimum Gasteiger partial charge on any atom is -0.337 e. The van der Waals surface area contributed by atoms with Crippen molar-refractivity contribution in [2.45, 2.75) is 13.0 Å². The monoisotopic (exact) mass is 517 g/mol. The summed E-state index contributed by atoms with van der Waals surface area (Å²) in [5.41, 5.74) is 0.434. The summed E-state index contributed by atoms with van der Waals surface area (Å²) in [5.74, 6) is -3.23. The fraction of sp³-hybridized carbons (Fsp3) is 0.174. The highest BCUT2D eigenvalue weighted by atomic mass is 35.5. The number of amides is 3. The Morgan fingerprint density at radius 2 is 1.80 bits per heavy atom. The van der Waals surface area contributed by atoms with E-state index in [1.807, 2.05) is 4.57 Å². The minimum atomic E-state index is -0.830. The number of aromatic nitrogens is 3. The van der Waals surface area contributed by atoms with Crippen molar-refractivity contribution in [3.8, 4) is 0 Å². The Kier molecular flexibility index (Phi) is 6.90. The smallest absolute Gasteiger partial charge is 0.262 e. The number of fused-ring (bicyclic) bond motifs is 2. The largest absolute Gasteiger partial charge is 0.337 e. The van der Waals surface area contributed by atoms with E-state index in [9.17, 15) is 23.2 Å². The normalized spacial score (nSPS) is 12.7. The van der Waals surface area contributed by atoms with Gasteiger partial charge in [0.2, 0.25) is 5.91 Å². The molecule has 1 aliphatic rings. The summed E-state index contributed by atoms with van der Waals surface area (Å²) >= 11 is 0.963. The first kappa shape index (κ1) is 24.4. The number of hydrogen-bond acceptors (Lipinski definition) is 6. The molecule has 3 amide bonds. The van der Waals surface area contributed by atoms with Gasteiger partial charge in [-0.3, -0.25) is 24.2 Å². The van der Waals surface area contributed by atoms with Crippen LogP contribution in [0.15, 0.2) is 55.1 Å². The van der Waals surface area contributed by atoms with Crippen LogP contribution in [0.1, 0.15) is 27.1 Å². The molecule has 0 N–H and O–H groups in total. The first-order chi connectivity index (χ1) is 16.4. The first-order valence-corrected chi connectivity index (χ1v) is 11.2. The number of hydrogen-bond donors (Lipinski definition) is 0. The van der Waals surface area contributed by atoms with Gasteiger partial charge in [0.15, 0.2) is 10.9 Å². The Morgan fingerprint density at radius 3 is 2.46 bits per heavy atom. The molecule has 0 radical (unpaired) electrons. The summed E-state index contributed by atoms with van der Waals surface area (Å²) in [7, 11) is 0. The summed E-state index contributed by atoms with van der Waals surface area (Å²) in [5, 5.41) is 0.159. The lowest BCUT2D eigenvalue weighted by Gasteiger charge is -2.22. The molecule has 4 aromatic rings. The van der Waals surface area contributed by atoms with Gasteiger partial charge >= 0.3 is 0 Å². The van der Waals surface area contributed by atoms with Crippen molar-refractivity contribution in [3.63, 3.8) is 0 Å². The van der Waals surface area contributed by atoms with E-state index < -0.39 is 35.9 Å². The maximum absolute atomic E-state index is 14.2. The maximum Gasteiger partial charge on any atom is 0.262 e. The zero-order valence-corrected chi connectivity index (χ0v) is 19.7. The fourth-order valence-corrected chi connectivity index (χ4v) is 4.87. The number of thiazole rings is 1. The van der Waals surface area contributed by atoms with Crippen LogP contribution in [0.4, 0.5) is 13.9 Å². The zero-order chi connectivity index (χ0) is 23.8. The number of imidazole rings is 1. The van der Waals surface area contributed by atoms with Crippen molar-refractivity contribution in [2.24, 2.45) is 0 Å². The van der Waals surface area contributed by atoms with Crippen LogP contribution < -0.4 is 4.90 Å². The van der Waals surface area contributed by atoms with E-state index in [0.29, 0.717) is 13.0 Å². The van der Waals surface area contributed by atoms with Crippen molar-refractivity contribution < 1.29 is 23.2 Å². The summed E-state index contributed by atoms with van der Waals surface area (Å²) in [6.07, 6.45) is 5.55. The number of carbonyl (C=O) groups is 3. The highest BCUT2D eigenvalue weighted by molar-refractivity contribution is 7.22. The lowest BCUT2D eigenvalue weighted by molar-refractivity contribution is -0.119. The molecule has 0 unspecified atom stereocenters. The fourth-order valence-electron chi connectivity index (χ4n) is 3.82. The number of anilines is 1. The zero-order valence-electron chi connectivity index (χ0n) is 18.1. The van der Waals surface area contributed by atoms with Gasteiger partial charge in [-0.05, 0) is 24.6 Å². The first-order valence-electron chi connectivity index (χ1n) is 10.4. The summed E-state index contributed by atoms with van der Waals surface area (Å²) in [6.45, 7) is 0.235. The third-order valence-corrected chi connectivity index (χ3v) is 6.49. The minimum absolute atomic E-state index is 0. The second kappa shape index (κ2) is 9.88. The molecule has 0 aliphatic carbocycles. The van der Waals surface area contributed by atoms with Crippen LogP contribution in [0.2, 0.25) is 0 Å². The third kappa shape index (κ3) is 4.64. The summed E-state index contributed by atoms with van der Waals surface area (Å²) < 4.78 is 30.0. The summed E-state index contributed by atoms with van der Waals surface area (Å²) in [4.78, 5) is 49.1. The Bertz CT molecular complexity index is 1390. The van der Waals surface area contributed by atoms with Crippen molar-refractivity contribution in [3.05, 3.63) is 77.9 Å². The Hall–Kier alpha value is -3.70. The molecule has 5 rings (SSSR count).